The number of aromatic nitrogens is 4. The summed E-state index contributed by atoms with van der Waals surface area (Å²) >= 11 is 0.854. The van der Waals surface area contributed by atoms with Gasteiger partial charge in [-0.3, -0.25) is 0 Å². The second-order valence-electron chi connectivity index (χ2n) is 2.96. The summed E-state index contributed by atoms with van der Waals surface area (Å²) in [5.74, 6) is -0.0724. The predicted octanol–water partition coefficient (Wildman–Crippen LogP) is 1.32. The molecule has 1 heterocycles. The minimum atomic E-state index is -3.31. The summed E-state index contributed by atoms with van der Waals surface area (Å²) in [7, 11) is 0. The van der Waals surface area contributed by atoms with Crippen molar-refractivity contribution in [2.45, 2.75) is 4.12 Å². The Labute approximate surface area is 107 Å². The number of nitrogens with one attached hydrogen (secondary N) is 1. The molecule has 0 saturated carbocycles. The van der Waals surface area contributed by atoms with Crippen LogP contribution in [0.2, 0.25) is 0 Å². The third-order valence-electron chi connectivity index (χ3n) is 1.77. The Morgan fingerprint density at radius 2 is 2.24 bits per heavy atom. The van der Waals surface area contributed by atoms with Crippen LogP contribution in [0.5, 0.6) is 5.75 Å². The number of tetrazole rings is 1. The van der Waals surface area contributed by atoms with Crippen molar-refractivity contribution in [1.82, 2.24) is 20.2 Å². The van der Waals surface area contributed by atoms with Crippen LogP contribution in [0.3, 0.4) is 0 Å². The van der Waals surface area contributed by atoms with Gasteiger partial charge in [-0.25, -0.2) is 9.89 Å². The van der Waals surface area contributed by atoms with Crippen LogP contribution in [-0.4, -0.2) is 24.3 Å². The molecule has 17 heavy (non-hydrogen) atoms. The molecule has 0 unspecified atom stereocenters. The van der Waals surface area contributed by atoms with E-state index in [0.717, 1.165) is 27.3 Å². The first-order valence-electron chi connectivity index (χ1n) is 4.32. The Kier molecular flexibility index (Phi) is 3.09. The number of alkyl halides is 3. The number of hydrogen-bond donors (Lipinski definition) is 1. The fourth-order valence-corrected chi connectivity index (χ4v) is 1.43. The first-order valence-corrected chi connectivity index (χ1v) is 5.40. The van der Waals surface area contributed by atoms with E-state index in [9.17, 15) is 13.6 Å². The van der Waals surface area contributed by atoms with Crippen LogP contribution in [0.4, 0.5) is 8.78 Å². The van der Waals surface area contributed by atoms with Gasteiger partial charge in [-0.15, -0.1) is 0 Å². The van der Waals surface area contributed by atoms with Crippen molar-refractivity contribution in [3.8, 4) is 11.4 Å². The zero-order valence-electron chi connectivity index (χ0n) is 8.10. The van der Waals surface area contributed by atoms with E-state index in [1.165, 1.54) is 24.3 Å². The van der Waals surface area contributed by atoms with E-state index in [0.29, 0.717) is 0 Å². The molecule has 0 aliphatic carbocycles. The van der Waals surface area contributed by atoms with E-state index in [4.69, 9.17) is 0 Å². The maximum absolute atomic E-state index is 12.6. The zero-order chi connectivity index (χ0) is 12.5. The van der Waals surface area contributed by atoms with E-state index in [1.54, 1.807) is 0 Å². The number of ether oxygens (including phenoxy) is 1. The van der Waals surface area contributed by atoms with E-state index >= 15 is 0 Å². The van der Waals surface area contributed by atoms with Crippen LogP contribution >= 0.6 is 22.6 Å². The van der Waals surface area contributed by atoms with Gasteiger partial charge in [0.25, 0.3) is 0 Å². The molecular formula is C8H5F2IN4O2. The first kappa shape index (κ1) is 12.0. The highest BCUT2D eigenvalue weighted by Crippen LogP contribution is 2.28. The van der Waals surface area contributed by atoms with E-state index < -0.39 is 9.81 Å². The van der Waals surface area contributed by atoms with Gasteiger partial charge in [0.05, 0.1) is 28.3 Å². The monoisotopic (exact) mass is 354 g/mol. The van der Waals surface area contributed by atoms with Gasteiger partial charge in [0.15, 0.2) is 0 Å². The molecular weight excluding hydrogens is 349 g/mol. The molecule has 0 saturated heterocycles. The van der Waals surface area contributed by atoms with Gasteiger partial charge in [-0.2, -0.15) is 13.5 Å². The molecule has 1 aromatic heterocycles. The molecule has 0 aliphatic rings. The largest absolute Gasteiger partial charge is 0.451 e. The molecule has 0 bridgehead atoms. The van der Waals surface area contributed by atoms with Crippen molar-refractivity contribution < 1.29 is 13.5 Å². The fraction of sp³-hybridized carbons (Fsp3) is 0.125. The van der Waals surface area contributed by atoms with Crippen molar-refractivity contribution in [3.63, 3.8) is 0 Å². The standard InChI is InChI=1S/C8H5F2IN4O2/c9-8(10,11)17-6-3-1-2-5(4-6)15-7(16)12-13-14-15/h1-4H,(H,12,14,16). The van der Waals surface area contributed by atoms with Crippen molar-refractivity contribution in [2.24, 2.45) is 0 Å². The molecule has 0 aliphatic heterocycles. The van der Waals surface area contributed by atoms with Gasteiger partial charge < -0.3 is 4.74 Å². The topological polar surface area (TPSA) is 72.8 Å². The number of halogens is 3. The Morgan fingerprint density at radius 3 is 2.82 bits per heavy atom. The van der Waals surface area contributed by atoms with E-state index in [2.05, 4.69) is 20.3 Å². The molecule has 1 aromatic carbocycles. The summed E-state index contributed by atoms with van der Waals surface area (Å²) in [6.07, 6.45) is 0. The van der Waals surface area contributed by atoms with E-state index in [1.807, 2.05) is 0 Å². The van der Waals surface area contributed by atoms with Crippen LogP contribution in [0.1, 0.15) is 0 Å². The highest BCUT2D eigenvalue weighted by Gasteiger charge is 2.26. The van der Waals surface area contributed by atoms with Crippen molar-refractivity contribution in [2.75, 3.05) is 0 Å². The molecule has 90 valence electrons. The number of nitrogens with zero attached hydrogens (tertiary/aromatic N) is 3. The molecule has 0 amide bonds. The second kappa shape index (κ2) is 4.39. The van der Waals surface area contributed by atoms with Crippen LogP contribution in [0.25, 0.3) is 5.69 Å². The molecule has 0 radical (unpaired) electrons. The Balaban J connectivity index is 2.36. The molecule has 0 atom stereocenters. The smallest absolute Gasteiger partial charge is 0.425 e. The average molecular weight is 354 g/mol. The maximum atomic E-state index is 12.6. The summed E-state index contributed by atoms with van der Waals surface area (Å²) in [5.41, 5.74) is -0.287. The number of benzene rings is 1. The SMILES string of the molecule is O=c1[nH]nnn1-c1cccc(OC(F)(F)I)c1. The molecule has 6 nitrogen and oxygen atoms in total. The third kappa shape index (κ3) is 2.99. The quantitative estimate of drug-likeness (QED) is 0.667. The van der Waals surface area contributed by atoms with Gasteiger partial charge in [-0.1, -0.05) is 6.07 Å². The Hall–Kier alpha value is -1.52. The summed E-state index contributed by atoms with van der Waals surface area (Å²) in [6.45, 7) is 0. The fourth-order valence-electron chi connectivity index (χ4n) is 1.18. The second-order valence-corrected chi connectivity index (χ2v) is 4.22. The lowest BCUT2D eigenvalue weighted by Crippen LogP contribution is -2.17. The number of hydrogen-bond acceptors (Lipinski definition) is 4. The number of aromatic amines is 1. The summed E-state index contributed by atoms with van der Waals surface area (Å²) < 4.78 is 27.2. The molecule has 2 aromatic rings. The van der Waals surface area contributed by atoms with Crippen LogP contribution in [0, 0.1) is 0 Å². The maximum Gasteiger partial charge on any atom is 0.451 e. The Morgan fingerprint density at radius 1 is 1.47 bits per heavy atom. The third-order valence-corrected chi connectivity index (χ3v) is 1.99. The molecule has 9 heteroatoms. The lowest BCUT2D eigenvalue weighted by molar-refractivity contribution is -0.0691. The normalized spacial score (nSPS) is 11.5. The van der Waals surface area contributed by atoms with Gasteiger partial charge in [0, 0.05) is 6.07 Å². The van der Waals surface area contributed by atoms with E-state index in [-0.39, 0.29) is 11.4 Å². The Bertz CT molecular complexity index is 577. The summed E-state index contributed by atoms with van der Waals surface area (Å²) in [5, 5.41) is 8.86. The molecule has 0 spiro atoms. The van der Waals surface area contributed by atoms with Crippen molar-refractivity contribution in [3.05, 3.63) is 34.7 Å². The summed E-state index contributed by atoms with van der Waals surface area (Å²) in [4.78, 5) is 11.2. The van der Waals surface area contributed by atoms with Crippen molar-refractivity contribution >= 4 is 22.6 Å². The van der Waals surface area contributed by atoms with Crippen LogP contribution in [0.15, 0.2) is 29.1 Å². The molecule has 0 fully saturated rings. The highest BCUT2D eigenvalue weighted by atomic mass is 127. The first-order chi connectivity index (χ1) is 7.96. The highest BCUT2D eigenvalue weighted by molar-refractivity contribution is 14.1. The molecule has 1 N–H and O–H groups in total. The van der Waals surface area contributed by atoms with Gasteiger partial charge in [0.1, 0.15) is 5.75 Å². The van der Waals surface area contributed by atoms with Gasteiger partial charge in [0.2, 0.25) is 0 Å². The van der Waals surface area contributed by atoms with Crippen LogP contribution < -0.4 is 10.4 Å². The van der Waals surface area contributed by atoms with Crippen LogP contribution in [-0.2, 0) is 0 Å². The zero-order valence-corrected chi connectivity index (χ0v) is 10.3. The van der Waals surface area contributed by atoms with Gasteiger partial charge in [-0.05, 0) is 22.6 Å². The van der Waals surface area contributed by atoms with Crippen molar-refractivity contribution in [1.29, 1.82) is 0 Å². The number of H-pyrrole nitrogens is 1. The lowest BCUT2D eigenvalue weighted by Gasteiger charge is -2.11. The molecule has 2 rings (SSSR count). The minimum absolute atomic E-state index is 0.0724. The average Bonchev–Trinajstić information content (AvgIpc) is 2.62. The number of rotatable bonds is 3. The predicted molar refractivity (Wildman–Crippen MR) is 61.6 cm³/mol. The minimum Gasteiger partial charge on any atom is -0.425 e. The summed E-state index contributed by atoms with van der Waals surface area (Å²) in [6, 6.07) is 5.59. The lowest BCUT2D eigenvalue weighted by atomic mass is 10.3. The van der Waals surface area contributed by atoms with Gasteiger partial charge >= 0.3 is 9.81 Å².